The number of nitrogens with two attached hydrogens (primary N) is 1. The first-order valence-corrected chi connectivity index (χ1v) is 4.59. The Hall–Kier alpha value is -1.48. The zero-order valence-electron chi connectivity index (χ0n) is 7.74. The van der Waals surface area contributed by atoms with E-state index in [0.29, 0.717) is 10.7 Å². The summed E-state index contributed by atoms with van der Waals surface area (Å²) >= 11 is 6.06. The molecule has 0 bridgehead atoms. The monoisotopic (exact) mass is 207 g/mol. The van der Waals surface area contributed by atoms with Gasteiger partial charge in [-0.1, -0.05) is 17.7 Å². The number of halogens is 1. The van der Waals surface area contributed by atoms with Gasteiger partial charge >= 0.3 is 0 Å². The molecule has 2 aromatic rings. The second-order valence-electron chi connectivity index (χ2n) is 3.07. The van der Waals surface area contributed by atoms with Gasteiger partial charge in [-0.05, 0) is 12.1 Å². The molecule has 0 saturated heterocycles. The fourth-order valence-corrected chi connectivity index (χ4v) is 1.65. The Bertz CT molecular complexity index is 442. The lowest BCUT2D eigenvalue weighted by Crippen LogP contribution is -1.96. The molecule has 2 N–H and O–H groups in total. The lowest BCUT2D eigenvalue weighted by molar-refractivity contribution is 0.925. The highest BCUT2D eigenvalue weighted by Crippen LogP contribution is 2.31. The van der Waals surface area contributed by atoms with E-state index in [0.717, 1.165) is 11.4 Å². The van der Waals surface area contributed by atoms with E-state index in [-0.39, 0.29) is 0 Å². The second kappa shape index (κ2) is 3.35. The molecule has 0 spiro atoms. The van der Waals surface area contributed by atoms with Gasteiger partial charge in [0.1, 0.15) is 5.82 Å². The topological polar surface area (TPSA) is 43.8 Å². The fourth-order valence-electron chi connectivity index (χ4n) is 1.38. The summed E-state index contributed by atoms with van der Waals surface area (Å²) < 4.78 is 1.89. The van der Waals surface area contributed by atoms with Crippen molar-refractivity contribution >= 4 is 17.3 Å². The van der Waals surface area contributed by atoms with Crippen LogP contribution in [0.5, 0.6) is 0 Å². The van der Waals surface area contributed by atoms with Crippen LogP contribution < -0.4 is 5.73 Å². The van der Waals surface area contributed by atoms with Gasteiger partial charge in [-0.3, -0.25) is 0 Å². The maximum absolute atomic E-state index is 6.06. The number of benzene rings is 1. The van der Waals surface area contributed by atoms with Crippen molar-refractivity contribution in [3.8, 4) is 11.4 Å². The Morgan fingerprint density at radius 1 is 1.43 bits per heavy atom. The number of nitrogens with zero attached hydrogens (tertiary/aromatic N) is 2. The van der Waals surface area contributed by atoms with Crippen LogP contribution in [-0.4, -0.2) is 9.55 Å². The van der Waals surface area contributed by atoms with E-state index >= 15 is 0 Å². The van der Waals surface area contributed by atoms with Crippen LogP contribution >= 0.6 is 11.6 Å². The van der Waals surface area contributed by atoms with Crippen molar-refractivity contribution in [2.45, 2.75) is 0 Å². The van der Waals surface area contributed by atoms with Gasteiger partial charge in [0, 0.05) is 25.1 Å². The van der Waals surface area contributed by atoms with Crippen LogP contribution in [0.25, 0.3) is 11.4 Å². The number of imidazole rings is 1. The lowest BCUT2D eigenvalue weighted by atomic mass is 10.1. The number of hydrogen-bond acceptors (Lipinski definition) is 2. The van der Waals surface area contributed by atoms with E-state index in [1.165, 1.54) is 0 Å². The van der Waals surface area contributed by atoms with Gasteiger partial charge in [-0.25, -0.2) is 4.98 Å². The van der Waals surface area contributed by atoms with Crippen molar-refractivity contribution in [2.24, 2.45) is 7.05 Å². The molecule has 0 saturated carbocycles. The van der Waals surface area contributed by atoms with Gasteiger partial charge in [0.15, 0.2) is 0 Å². The van der Waals surface area contributed by atoms with Crippen LogP contribution in [0.4, 0.5) is 5.69 Å². The molecule has 1 heterocycles. The number of anilines is 1. The molecule has 3 nitrogen and oxygen atoms in total. The highest BCUT2D eigenvalue weighted by molar-refractivity contribution is 6.33. The normalized spacial score (nSPS) is 10.4. The van der Waals surface area contributed by atoms with E-state index in [1.54, 1.807) is 6.20 Å². The third-order valence-electron chi connectivity index (χ3n) is 2.09. The van der Waals surface area contributed by atoms with Gasteiger partial charge in [0.05, 0.1) is 10.6 Å². The minimum atomic E-state index is 0.624. The molecule has 0 atom stereocenters. The highest BCUT2D eigenvalue weighted by atomic mass is 35.5. The Labute approximate surface area is 87.1 Å². The predicted octanol–water partition coefficient (Wildman–Crippen LogP) is 2.32. The summed E-state index contributed by atoms with van der Waals surface area (Å²) in [4.78, 5) is 4.21. The molecule has 4 heteroatoms. The number of aromatic nitrogens is 2. The third-order valence-corrected chi connectivity index (χ3v) is 2.41. The van der Waals surface area contributed by atoms with Crippen LogP contribution in [0.2, 0.25) is 5.02 Å². The zero-order chi connectivity index (χ0) is 10.1. The smallest absolute Gasteiger partial charge is 0.143 e. The average molecular weight is 208 g/mol. The van der Waals surface area contributed by atoms with Crippen LogP contribution in [-0.2, 0) is 7.05 Å². The van der Waals surface area contributed by atoms with E-state index in [4.69, 9.17) is 17.3 Å². The quantitative estimate of drug-likeness (QED) is 0.730. The standard InChI is InChI=1S/C10H10ClN3/c1-14-6-5-13-10(14)9-7(11)3-2-4-8(9)12/h2-6H,12H2,1H3. The van der Waals surface area contributed by atoms with Gasteiger partial charge in [-0.15, -0.1) is 0 Å². The largest absolute Gasteiger partial charge is 0.398 e. The summed E-state index contributed by atoms with van der Waals surface area (Å²) in [7, 11) is 1.91. The maximum Gasteiger partial charge on any atom is 0.143 e. The van der Waals surface area contributed by atoms with Crippen molar-refractivity contribution in [1.29, 1.82) is 0 Å². The minimum absolute atomic E-state index is 0.624. The van der Waals surface area contributed by atoms with Crippen LogP contribution in [0.15, 0.2) is 30.6 Å². The van der Waals surface area contributed by atoms with Gasteiger partial charge in [-0.2, -0.15) is 0 Å². The molecule has 0 aliphatic heterocycles. The fraction of sp³-hybridized carbons (Fsp3) is 0.100. The molecule has 1 aromatic carbocycles. The Morgan fingerprint density at radius 2 is 2.21 bits per heavy atom. The van der Waals surface area contributed by atoms with Crippen molar-refractivity contribution in [2.75, 3.05) is 5.73 Å². The highest BCUT2D eigenvalue weighted by Gasteiger charge is 2.10. The molecule has 1 aromatic heterocycles. The van der Waals surface area contributed by atoms with Gasteiger partial charge in [0.2, 0.25) is 0 Å². The SMILES string of the molecule is Cn1ccnc1-c1c(N)cccc1Cl. The molecule has 0 fully saturated rings. The lowest BCUT2D eigenvalue weighted by Gasteiger charge is -2.07. The number of hydrogen-bond donors (Lipinski definition) is 1. The molecule has 0 radical (unpaired) electrons. The summed E-state index contributed by atoms with van der Waals surface area (Å²) in [5.74, 6) is 0.785. The van der Waals surface area contributed by atoms with Gasteiger partial charge in [0.25, 0.3) is 0 Å². The van der Waals surface area contributed by atoms with Crippen LogP contribution in [0.1, 0.15) is 0 Å². The van der Waals surface area contributed by atoms with Crippen LogP contribution in [0.3, 0.4) is 0 Å². The van der Waals surface area contributed by atoms with Crippen molar-refractivity contribution < 1.29 is 0 Å². The number of aryl methyl sites for hydroxylation is 1. The Morgan fingerprint density at radius 3 is 2.79 bits per heavy atom. The molecular weight excluding hydrogens is 198 g/mol. The molecule has 0 amide bonds. The first-order valence-electron chi connectivity index (χ1n) is 4.22. The Balaban J connectivity index is 2.68. The Kier molecular flexibility index (Phi) is 2.17. The van der Waals surface area contributed by atoms with E-state index in [9.17, 15) is 0 Å². The van der Waals surface area contributed by atoms with Crippen LogP contribution in [0, 0.1) is 0 Å². The third kappa shape index (κ3) is 1.36. The maximum atomic E-state index is 6.06. The minimum Gasteiger partial charge on any atom is -0.398 e. The zero-order valence-corrected chi connectivity index (χ0v) is 8.49. The molecule has 2 rings (SSSR count). The van der Waals surface area contributed by atoms with Gasteiger partial charge < -0.3 is 10.3 Å². The predicted molar refractivity (Wildman–Crippen MR) is 58.1 cm³/mol. The van der Waals surface area contributed by atoms with E-state index in [1.807, 2.05) is 36.0 Å². The number of rotatable bonds is 1. The summed E-state index contributed by atoms with van der Waals surface area (Å²) in [5.41, 5.74) is 7.28. The average Bonchev–Trinajstić information content (AvgIpc) is 2.52. The molecule has 0 aliphatic carbocycles. The first kappa shape index (κ1) is 9.09. The molecular formula is C10H10ClN3. The molecule has 14 heavy (non-hydrogen) atoms. The van der Waals surface area contributed by atoms with Crippen molar-refractivity contribution in [3.05, 3.63) is 35.6 Å². The summed E-state index contributed by atoms with van der Waals surface area (Å²) in [6.45, 7) is 0. The summed E-state index contributed by atoms with van der Waals surface area (Å²) in [6.07, 6.45) is 3.58. The molecule has 0 aliphatic rings. The van der Waals surface area contributed by atoms with Crippen molar-refractivity contribution in [1.82, 2.24) is 9.55 Å². The van der Waals surface area contributed by atoms with E-state index in [2.05, 4.69) is 4.98 Å². The number of nitrogen functional groups attached to an aromatic ring is 1. The van der Waals surface area contributed by atoms with E-state index < -0.39 is 0 Å². The molecule has 72 valence electrons. The summed E-state index contributed by atoms with van der Waals surface area (Å²) in [5, 5.41) is 0.624. The molecule has 0 unspecified atom stereocenters. The summed E-state index contributed by atoms with van der Waals surface area (Å²) in [6, 6.07) is 5.45. The first-order chi connectivity index (χ1) is 6.70. The van der Waals surface area contributed by atoms with Crippen molar-refractivity contribution in [3.63, 3.8) is 0 Å². The second-order valence-corrected chi connectivity index (χ2v) is 3.47.